The number of aliphatic hydroxyl groups is 1. The summed E-state index contributed by atoms with van der Waals surface area (Å²) < 4.78 is 0. The third-order valence-corrected chi connectivity index (χ3v) is 7.18. The van der Waals surface area contributed by atoms with Crippen molar-refractivity contribution in [3.63, 3.8) is 0 Å². The third-order valence-electron chi connectivity index (χ3n) is 7.18. The molecule has 6 nitrogen and oxygen atoms in total. The Hall–Kier alpha value is -2.28. The molecule has 0 bridgehead atoms. The highest BCUT2D eigenvalue weighted by Crippen LogP contribution is 2.29. The van der Waals surface area contributed by atoms with Gasteiger partial charge >= 0.3 is 0 Å². The number of likely N-dealkylation sites (tertiary alicyclic amines) is 2. The second-order valence-corrected chi connectivity index (χ2v) is 9.68. The number of nitrogens with zero attached hydrogens (tertiary/aromatic N) is 3. The monoisotopic (exact) mass is 437 g/mol. The lowest BCUT2D eigenvalue weighted by atomic mass is 9.85. The first kappa shape index (κ1) is 22.9. The van der Waals surface area contributed by atoms with E-state index in [9.17, 15) is 15.2 Å². The van der Waals surface area contributed by atoms with E-state index < -0.39 is 5.60 Å². The molecule has 6 heteroatoms. The zero-order chi connectivity index (χ0) is 22.4. The summed E-state index contributed by atoms with van der Waals surface area (Å²) in [6.45, 7) is 6.10. The van der Waals surface area contributed by atoms with E-state index in [1.54, 1.807) is 12.1 Å². The molecule has 0 amide bonds. The highest BCUT2D eigenvalue weighted by atomic mass is 16.6. The van der Waals surface area contributed by atoms with Gasteiger partial charge in [0, 0.05) is 44.9 Å². The molecule has 0 aromatic heterocycles. The molecule has 0 radical (unpaired) electrons. The summed E-state index contributed by atoms with van der Waals surface area (Å²) in [5, 5.41) is 21.8. The predicted molar refractivity (Wildman–Crippen MR) is 126 cm³/mol. The number of non-ortho nitro benzene ring substituents is 1. The Morgan fingerprint density at radius 1 is 0.969 bits per heavy atom. The second kappa shape index (κ2) is 10.6. The van der Waals surface area contributed by atoms with E-state index in [0.29, 0.717) is 5.92 Å². The highest BCUT2D eigenvalue weighted by Gasteiger charge is 2.33. The van der Waals surface area contributed by atoms with Crippen LogP contribution in [0.25, 0.3) is 0 Å². The van der Waals surface area contributed by atoms with Crippen LogP contribution in [0.4, 0.5) is 5.69 Å². The first-order chi connectivity index (χ1) is 15.5. The first-order valence-corrected chi connectivity index (χ1v) is 11.9. The molecular weight excluding hydrogens is 402 g/mol. The maximum Gasteiger partial charge on any atom is 0.269 e. The molecule has 2 aromatic carbocycles. The van der Waals surface area contributed by atoms with Crippen molar-refractivity contribution in [3.05, 3.63) is 75.8 Å². The lowest BCUT2D eigenvalue weighted by Gasteiger charge is -2.39. The van der Waals surface area contributed by atoms with Gasteiger partial charge in [0.1, 0.15) is 0 Å². The predicted octanol–water partition coefficient (Wildman–Crippen LogP) is 4.27. The molecule has 1 unspecified atom stereocenters. The summed E-state index contributed by atoms with van der Waals surface area (Å²) >= 11 is 0. The van der Waals surface area contributed by atoms with Gasteiger partial charge in [-0.1, -0.05) is 42.5 Å². The summed E-state index contributed by atoms with van der Waals surface area (Å²) in [6, 6.07) is 17.5. The fourth-order valence-corrected chi connectivity index (χ4v) is 5.22. The van der Waals surface area contributed by atoms with Gasteiger partial charge in [-0.3, -0.25) is 15.0 Å². The molecule has 1 atom stereocenters. The van der Waals surface area contributed by atoms with Gasteiger partial charge in [0.15, 0.2) is 0 Å². The van der Waals surface area contributed by atoms with E-state index in [1.807, 2.05) is 18.2 Å². The number of benzene rings is 2. The van der Waals surface area contributed by atoms with Crippen molar-refractivity contribution in [1.82, 2.24) is 9.80 Å². The van der Waals surface area contributed by atoms with Crippen molar-refractivity contribution in [1.29, 1.82) is 0 Å². The number of rotatable bonds is 9. The van der Waals surface area contributed by atoms with Crippen LogP contribution in [0.15, 0.2) is 54.6 Å². The molecule has 2 aromatic rings. The van der Waals surface area contributed by atoms with Gasteiger partial charge in [-0.15, -0.1) is 0 Å². The fraction of sp³-hybridized carbons (Fsp3) is 0.538. The maximum atomic E-state index is 11.0. The quantitative estimate of drug-likeness (QED) is 0.469. The van der Waals surface area contributed by atoms with Gasteiger partial charge in [0.25, 0.3) is 5.69 Å². The standard InChI is InChI=1S/C26H35N3O3/c30-26(13-4-7-22-5-2-1-3-6-22)14-17-27(18-15-26)20-24-12-16-28(21-24)19-23-8-10-25(11-9-23)29(31)32/h1-3,5-6,8-11,24,30H,4,7,12-21H2. The minimum absolute atomic E-state index is 0.151. The van der Waals surface area contributed by atoms with Crippen LogP contribution in [-0.2, 0) is 13.0 Å². The van der Waals surface area contributed by atoms with Crippen molar-refractivity contribution in [2.75, 3.05) is 32.7 Å². The van der Waals surface area contributed by atoms with Crippen LogP contribution < -0.4 is 0 Å². The van der Waals surface area contributed by atoms with E-state index in [0.717, 1.165) is 76.9 Å². The Bertz CT molecular complexity index is 864. The summed E-state index contributed by atoms with van der Waals surface area (Å²) in [4.78, 5) is 15.5. The molecule has 0 spiro atoms. The Kier molecular flexibility index (Phi) is 7.55. The fourth-order valence-electron chi connectivity index (χ4n) is 5.22. The largest absolute Gasteiger partial charge is 0.390 e. The van der Waals surface area contributed by atoms with Crippen molar-refractivity contribution in [2.24, 2.45) is 5.92 Å². The molecule has 172 valence electrons. The SMILES string of the molecule is O=[N+]([O-])c1ccc(CN2CCC(CN3CCC(O)(CCCc4ccccc4)CC3)C2)cc1. The average Bonchev–Trinajstić information content (AvgIpc) is 3.23. The lowest BCUT2D eigenvalue weighted by molar-refractivity contribution is -0.384. The summed E-state index contributed by atoms with van der Waals surface area (Å²) in [6.07, 6.45) is 5.93. The maximum absolute atomic E-state index is 11.0. The van der Waals surface area contributed by atoms with Crippen LogP contribution >= 0.6 is 0 Å². The number of piperidine rings is 1. The second-order valence-electron chi connectivity index (χ2n) is 9.68. The van der Waals surface area contributed by atoms with E-state index in [1.165, 1.54) is 12.0 Å². The molecular formula is C26H35N3O3. The first-order valence-electron chi connectivity index (χ1n) is 11.9. The van der Waals surface area contributed by atoms with Gasteiger partial charge in [-0.2, -0.15) is 0 Å². The van der Waals surface area contributed by atoms with Gasteiger partial charge in [0.2, 0.25) is 0 Å². The van der Waals surface area contributed by atoms with Crippen molar-refractivity contribution >= 4 is 5.69 Å². The Morgan fingerprint density at radius 2 is 1.69 bits per heavy atom. The molecule has 2 aliphatic rings. The molecule has 4 rings (SSSR count). The molecule has 2 saturated heterocycles. The zero-order valence-corrected chi connectivity index (χ0v) is 18.9. The number of nitro benzene ring substituents is 1. The summed E-state index contributed by atoms with van der Waals surface area (Å²) in [7, 11) is 0. The van der Waals surface area contributed by atoms with E-state index in [-0.39, 0.29) is 10.6 Å². The Labute approximate surface area is 191 Å². The van der Waals surface area contributed by atoms with E-state index in [2.05, 4.69) is 34.1 Å². The number of hydrogen-bond acceptors (Lipinski definition) is 5. The molecule has 32 heavy (non-hydrogen) atoms. The van der Waals surface area contributed by atoms with Crippen LogP contribution in [-0.4, -0.2) is 58.2 Å². The molecule has 2 heterocycles. The smallest absolute Gasteiger partial charge is 0.269 e. The van der Waals surface area contributed by atoms with Crippen LogP contribution in [0.3, 0.4) is 0 Å². The van der Waals surface area contributed by atoms with Crippen LogP contribution in [0.2, 0.25) is 0 Å². The molecule has 1 N–H and O–H groups in total. The third kappa shape index (κ3) is 6.37. The molecule has 2 aliphatic heterocycles. The molecule has 0 saturated carbocycles. The van der Waals surface area contributed by atoms with Crippen molar-refractivity contribution in [2.45, 2.75) is 50.7 Å². The average molecular weight is 438 g/mol. The van der Waals surface area contributed by atoms with Gasteiger partial charge in [-0.25, -0.2) is 0 Å². The lowest BCUT2D eigenvalue weighted by Crippen LogP contribution is -2.46. The molecule has 2 fully saturated rings. The van der Waals surface area contributed by atoms with Crippen LogP contribution in [0.1, 0.15) is 43.2 Å². The topological polar surface area (TPSA) is 69.9 Å². The molecule has 0 aliphatic carbocycles. The van der Waals surface area contributed by atoms with Gasteiger partial charge in [-0.05, 0) is 62.1 Å². The van der Waals surface area contributed by atoms with Gasteiger partial charge < -0.3 is 10.0 Å². The summed E-state index contributed by atoms with van der Waals surface area (Å²) in [5.74, 6) is 0.664. The zero-order valence-electron chi connectivity index (χ0n) is 18.9. The Balaban J connectivity index is 1.16. The van der Waals surface area contributed by atoms with E-state index in [4.69, 9.17) is 0 Å². The highest BCUT2D eigenvalue weighted by molar-refractivity contribution is 5.32. The van der Waals surface area contributed by atoms with Crippen LogP contribution in [0, 0.1) is 16.0 Å². The van der Waals surface area contributed by atoms with Crippen molar-refractivity contribution < 1.29 is 10.0 Å². The van der Waals surface area contributed by atoms with E-state index >= 15 is 0 Å². The minimum atomic E-state index is -0.497. The minimum Gasteiger partial charge on any atom is -0.390 e. The normalized spacial score (nSPS) is 21.6. The Morgan fingerprint density at radius 3 is 2.38 bits per heavy atom. The van der Waals surface area contributed by atoms with Crippen molar-refractivity contribution in [3.8, 4) is 0 Å². The number of nitro groups is 1. The number of hydrogen-bond donors (Lipinski definition) is 1. The van der Waals surface area contributed by atoms with Gasteiger partial charge in [0.05, 0.1) is 10.5 Å². The summed E-state index contributed by atoms with van der Waals surface area (Å²) in [5.41, 5.74) is 2.14. The van der Waals surface area contributed by atoms with Crippen LogP contribution in [0.5, 0.6) is 0 Å². The number of aryl methyl sites for hydroxylation is 1.